The van der Waals surface area contributed by atoms with Gasteiger partial charge in [0.15, 0.2) is 5.96 Å². The van der Waals surface area contributed by atoms with Crippen LogP contribution in [0.15, 0.2) is 47.6 Å². The van der Waals surface area contributed by atoms with Crippen LogP contribution in [-0.4, -0.2) is 48.4 Å². The largest absolute Gasteiger partial charge is 0.356 e. The molecule has 1 aliphatic heterocycles. The summed E-state index contributed by atoms with van der Waals surface area (Å²) in [5.41, 5.74) is 3.62. The van der Waals surface area contributed by atoms with E-state index < -0.39 is 0 Å². The van der Waals surface area contributed by atoms with Gasteiger partial charge in [-0.05, 0) is 55.6 Å². The van der Waals surface area contributed by atoms with E-state index in [4.69, 9.17) is 0 Å². The van der Waals surface area contributed by atoms with Crippen LogP contribution in [-0.2, 0) is 17.9 Å². The van der Waals surface area contributed by atoms with Gasteiger partial charge in [0.2, 0.25) is 5.91 Å². The number of amides is 1. The van der Waals surface area contributed by atoms with Gasteiger partial charge in [0.05, 0.1) is 0 Å². The lowest BCUT2D eigenvalue weighted by Gasteiger charge is -2.15. The van der Waals surface area contributed by atoms with Gasteiger partial charge >= 0.3 is 0 Å². The van der Waals surface area contributed by atoms with Crippen LogP contribution in [0.1, 0.15) is 36.0 Å². The van der Waals surface area contributed by atoms with Gasteiger partial charge < -0.3 is 16.0 Å². The standard InChI is InChI=1S/C23H32N6O.HI/c1-18-5-10-21(26-15-18)28-22(30)11-12-25-23(24-2)27-16-19-6-8-20(9-7-19)17-29-13-3-4-14-29;/h5-10,15H,3-4,11-14,16-17H2,1-2H3,(H2,24,25,27)(H,26,28,30);1H. The highest BCUT2D eigenvalue weighted by Crippen LogP contribution is 2.13. The maximum absolute atomic E-state index is 12.0. The van der Waals surface area contributed by atoms with Crippen LogP contribution in [0.3, 0.4) is 0 Å². The average Bonchev–Trinajstić information content (AvgIpc) is 3.26. The molecule has 0 bridgehead atoms. The predicted molar refractivity (Wildman–Crippen MR) is 137 cm³/mol. The molecule has 0 radical (unpaired) electrons. The van der Waals surface area contributed by atoms with Crippen molar-refractivity contribution in [1.29, 1.82) is 0 Å². The van der Waals surface area contributed by atoms with Crippen molar-refractivity contribution in [3.05, 3.63) is 59.3 Å². The van der Waals surface area contributed by atoms with Crippen molar-refractivity contribution in [1.82, 2.24) is 20.5 Å². The normalized spacial score (nSPS) is 14.1. The van der Waals surface area contributed by atoms with Crippen LogP contribution in [0.4, 0.5) is 5.82 Å². The fraction of sp³-hybridized carbons (Fsp3) is 0.435. The minimum absolute atomic E-state index is 0. The molecule has 3 N–H and O–H groups in total. The molecule has 1 aromatic heterocycles. The molecule has 1 amide bonds. The number of carbonyl (C=O) groups is 1. The van der Waals surface area contributed by atoms with Crippen molar-refractivity contribution < 1.29 is 4.79 Å². The lowest BCUT2D eigenvalue weighted by atomic mass is 10.1. The number of hydrogen-bond donors (Lipinski definition) is 3. The van der Waals surface area contributed by atoms with Gasteiger partial charge in [-0.15, -0.1) is 24.0 Å². The first-order valence-corrected chi connectivity index (χ1v) is 10.6. The number of guanidine groups is 1. The average molecular weight is 536 g/mol. The van der Waals surface area contributed by atoms with E-state index in [9.17, 15) is 4.79 Å². The summed E-state index contributed by atoms with van der Waals surface area (Å²) in [6, 6.07) is 12.5. The minimum atomic E-state index is -0.0807. The lowest BCUT2D eigenvalue weighted by molar-refractivity contribution is -0.116. The van der Waals surface area contributed by atoms with Gasteiger partial charge in [-0.1, -0.05) is 30.3 Å². The summed E-state index contributed by atoms with van der Waals surface area (Å²) < 4.78 is 0. The van der Waals surface area contributed by atoms with E-state index in [1.54, 1.807) is 19.3 Å². The molecule has 31 heavy (non-hydrogen) atoms. The van der Waals surface area contributed by atoms with Crippen LogP contribution < -0.4 is 16.0 Å². The molecule has 7 nitrogen and oxygen atoms in total. The fourth-order valence-electron chi connectivity index (χ4n) is 3.41. The van der Waals surface area contributed by atoms with Gasteiger partial charge in [0.25, 0.3) is 0 Å². The molecule has 0 atom stereocenters. The number of nitrogens with zero attached hydrogens (tertiary/aromatic N) is 3. The number of pyridine rings is 1. The molecule has 1 aliphatic rings. The highest BCUT2D eigenvalue weighted by atomic mass is 127. The Hall–Kier alpha value is -2.20. The van der Waals surface area contributed by atoms with Crippen molar-refractivity contribution >= 4 is 41.7 Å². The topological polar surface area (TPSA) is 81.6 Å². The zero-order valence-electron chi connectivity index (χ0n) is 18.4. The molecule has 0 aliphatic carbocycles. The molecular formula is C23H33IN6O. The Morgan fingerprint density at radius 2 is 1.77 bits per heavy atom. The molecule has 1 fully saturated rings. The van der Waals surface area contributed by atoms with Crippen LogP contribution in [0.25, 0.3) is 0 Å². The number of rotatable bonds is 8. The van der Waals surface area contributed by atoms with Crippen molar-refractivity contribution in [3.8, 4) is 0 Å². The Morgan fingerprint density at radius 3 is 2.42 bits per heavy atom. The quantitative estimate of drug-likeness (QED) is 0.274. The number of aromatic nitrogens is 1. The van der Waals surface area contributed by atoms with E-state index in [-0.39, 0.29) is 29.9 Å². The third kappa shape index (κ3) is 8.82. The Morgan fingerprint density at radius 1 is 1.06 bits per heavy atom. The zero-order chi connectivity index (χ0) is 21.2. The van der Waals surface area contributed by atoms with Gasteiger partial charge in [-0.2, -0.15) is 0 Å². The second-order valence-corrected chi connectivity index (χ2v) is 7.67. The first kappa shape index (κ1) is 25.1. The summed E-state index contributed by atoms with van der Waals surface area (Å²) in [4.78, 5) is 23.0. The molecule has 168 valence electrons. The third-order valence-corrected chi connectivity index (χ3v) is 5.13. The van der Waals surface area contributed by atoms with Crippen LogP contribution in [0.2, 0.25) is 0 Å². The molecule has 0 unspecified atom stereocenters. The zero-order valence-corrected chi connectivity index (χ0v) is 20.7. The highest BCUT2D eigenvalue weighted by Gasteiger charge is 2.11. The number of nitrogens with one attached hydrogen (secondary N) is 3. The summed E-state index contributed by atoms with van der Waals surface area (Å²) in [5, 5.41) is 9.26. The van der Waals surface area contributed by atoms with Crippen LogP contribution in [0, 0.1) is 6.92 Å². The predicted octanol–water partition coefficient (Wildman–Crippen LogP) is 3.30. The number of anilines is 1. The molecule has 2 aromatic rings. The Kier molecular flexibility index (Phi) is 10.7. The van der Waals surface area contributed by atoms with Crippen molar-refractivity contribution in [2.45, 2.75) is 39.3 Å². The smallest absolute Gasteiger partial charge is 0.227 e. The Bertz CT molecular complexity index is 832. The van der Waals surface area contributed by atoms with E-state index in [0.717, 1.165) is 12.1 Å². The summed E-state index contributed by atoms with van der Waals surface area (Å²) in [6.45, 7) is 6.60. The fourth-order valence-corrected chi connectivity index (χ4v) is 3.41. The molecule has 0 saturated carbocycles. The number of halogens is 1. The number of hydrogen-bond acceptors (Lipinski definition) is 4. The monoisotopic (exact) mass is 536 g/mol. The summed E-state index contributed by atoms with van der Waals surface area (Å²) in [6.07, 6.45) is 4.71. The van der Waals surface area contributed by atoms with Gasteiger partial charge in [0, 0.05) is 39.3 Å². The van der Waals surface area contributed by atoms with Gasteiger partial charge in [-0.3, -0.25) is 14.7 Å². The number of benzene rings is 1. The lowest BCUT2D eigenvalue weighted by Crippen LogP contribution is -2.38. The molecule has 2 heterocycles. The van der Waals surface area contributed by atoms with Crippen LogP contribution in [0.5, 0.6) is 0 Å². The second kappa shape index (κ2) is 13.3. The number of carbonyl (C=O) groups excluding carboxylic acids is 1. The highest BCUT2D eigenvalue weighted by molar-refractivity contribution is 14.0. The Labute approximate surface area is 202 Å². The number of likely N-dealkylation sites (tertiary alicyclic amines) is 1. The summed E-state index contributed by atoms with van der Waals surface area (Å²) >= 11 is 0. The first-order valence-electron chi connectivity index (χ1n) is 10.6. The SMILES string of the molecule is CN=C(NCCC(=O)Nc1ccc(C)cn1)NCc1ccc(CN2CCCC2)cc1.I. The first-order chi connectivity index (χ1) is 14.6. The van der Waals surface area contributed by atoms with E-state index in [1.165, 1.54) is 37.1 Å². The van der Waals surface area contributed by atoms with E-state index in [1.807, 2.05) is 13.0 Å². The van der Waals surface area contributed by atoms with Crippen LogP contribution >= 0.6 is 24.0 Å². The molecule has 0 spiro atoms. The molecule has 8 heteroatoms. The van der Waals surface area contributed by atoms with Crippen molar-refractivity contribution in [2.24, 2.45) is 4.99 Å². The second-order valence-electron chi connectivity index (χ2n) is 7.67. The summed E-state index contributed by atoms with van der Waals surface area (Å²) in [5.74, 6) is 1.17. The number of aryl methyl sites for hydroxylation is 1. The van der Waals surface area contributed by atoms with Gasteiger partial charge in [0.1, 0.15) is 5.82 Å². The molecule has 3 rings (SSSR count). The third-order valence-electron chi connectivity index (χ3n) is 5.13. The van der Waals surface area contributed by atoms with Gasteiger partial charge in [-0.25, -0.2) is 4.98 Å². The molecule has 1 saturated heterocycles. The Balaban J connectivity index is 0.00000341. The maximum Gasteiger partial charge on any atom is 0.227 e. The summed E-state index contributed by atoms with van der Waals surface area (Å²) in [7, 11) is 1.73. The maximum atomic E-state index is 12.0. The van der Waals surface area contributed by atoms with E-state index in [0.29, 0.717) is 31.3 Å². The van der Waals surface area contributed by atoms with E-state index in [2.05, 4.69) is 55.1 Å². The minimum Gasteiger partial charge on any atom is -0.356 e. The number of aliphatic imine (C=N–C) groups is 1. The van der Waals surface area contributed by atoms with E-state index >= 15 is 0 Å². The molecular weight excluding hydrogens is 503 g/mol. The van der Waals surface area contributed by atoms with Crippen molar-refractivity contribution in [2.75, 3.05) is 32.0 Å². The van der Waals surface area contributed by atoms with Crippen molar-refractivity contribution in [3.63, 3.8) is 0 Å². The molecule has 1 aromatic carbocycles.